The zero-order valence-electron chi connectivity index (χ0n) is 14.3. The topological polar surface area (TPSA) is 77.9 Å². The second-order valence-electron chi connectivity index (χ2n) is 7.57. The zero-order valence-corrected chi connectivity index (χ0v) is 15.1. The molecule has 2 saturated heterocycles. The Morgan fingerprint density at radius 2 is 1.77 bits per heavy atom. The summed E-state index contributed by atoms with van der Waals surface area (Å²) in [4.78, 5) is 40.1. The van der Waals surface area contributed by atoms with E-state index in [9.17, 15) is 19.5 Å². The molecule has 1 N–H and O–H groups in total. The number of halogens is 1. The van der Waals surface area contributed by atoms with Crippen LogP contribution in [0.25, 0.3) is 0 Å². The number of hydrogen-bond donors (Lipinski definition) is 1. The maximum atomic E-state index is 12.9. The molecule has 3 fully saturated rings. The van der Waals surface area contributed by atoms with E-state index in [1.54, 1.807) is 34.1 Å². The lowest BCUT2D eigenvalue weighted by Gasteiger charge is -2.21. The second-order valence-corrected chi connectivity index (χ2v) is 8.01. The first-order valence-electron chi connectivity index (χ1n) is 9.01. The van der Waals surface area contributed by atoms with Crippen LogP contribution in [0, 0.1) is 23.7 Å². The molecule has 4 rings (SSSR count). The first kappa shape index (κ1) is 17.3. The van der Waals surface area contributed by atoms with Gasteiger partial charge in [0.1, 0.15) is 0 Å². The van der Waals surface area contributed by atoms with E-state index >= 15 is 0 Å². The smallest absolute Gasteiger partial charge is 0.308 e. The van der Waals surface area contributed by atoms with Crippen LogP contribution in [0.15, 0.2) is 24.3 Å². The minimum Gasteiger partial charge on any atom is -0.481 e. The fourth-order valence-corrected chi connectivity index (χ4v) is 4.40. The molecule has 2 aliphatic heterocycles. The highest BCUT2D eigenvalue weighted by atomic mass is 35.5. The molecule has 7 heteroatoms. The molecule has 1 aliphatic carbocycles. The third-order valence-corrected chi connectivity index (χ3v) is 6.09. The molecule has 1 aromatic carbocycles. The number of nitrogens with zero attached hydrogens (tertiary/aromatic N) is 2. The number of carbonyl (C=O) groups is 3. The van der Waals surface area contributed by atoms with Crippen molar-refractivity contribution in [2.75, 3.05) is 24.5 Å². The van der Waals surface area contributed by atoms with Gasteiger partial charge in [-0.15, -0.1) is 0 Å². The lowest BCUT2D eigenvalue weighted by molar-refractivity contribution is -0.143. The number of carboxylic acid groups (broad SMARTS) is 1. The molecular weight excluding hydrogens is 356 g/mol. The van der Waals surface area contributed by atoms with Crippen LogP contribution in [-0.2, 0) is 14.4 Å². The van der Waals surface area contributed by atoms with Gasteiger partial charge in [0.2, 0.25) is 11.8 Å². The van der Waals surface area contributed by atoms with Crippen LogP contribution in [0.5, 0.6) is 0 Å². The molecular formula is C19H21ClN2O4. The van der Waals surface area contributed by atoms with Crippen molar-refractivity contribution in [1.29, 1.82) is 0 Å². The van der Waals surface area contributed by atoms with Gasteiger partial charge in [-0.2, -0.15) is 0 Å². The lowest BCUT2D eigenvalue weighted by atomic mass is 9.92. The number of carbonyl (C=O) groups excluding carboxylic acids is 2. The summed E-state index contributed by atoms with van der Waals surface area (Å²) in [5.41, 5.74) is 0.732. The fraction of sp³-hybridized carbons (Fsp3) is 0.526. The molecule has 3 aliphatic rings. The summed E-state index contributed by atoms with van der Waals surface area (Å²) in [6.07, 6.45) is 2.29. The zero-order chi connectivity index (χ0) is 18.4. The number of likely N-dealkylation sites (tertiary alicyclic amines) is 1. The standard InChI is InChI=1S/C19H21ClN2O4/c20-13-3-5-14(6-4-13)22-8-12(7-17(22)23)18(24)21-9-15(11-1-2-11)16(10-21)19(25)26/h3-6,11-12,15-16H,1-2,7-10H2,(H,25,26)/t12?,15-,16+/m1/s1. The summed E-state index contributed by atoms with van der Waals surface area (Å²) in [6.45, 7) is 1.11. The largest absolute Gasteiger partial charge is 0.481 e. The van der Waals surface area contributed by atoms with Gasteiger partial charge in [-0.25, -0.2) is 0 Å². The Bertz CT molecular complexity index is 746. The van der Waals surface area contributed by atoms with Crippen molar-refractivity contribution in [2.24, 2.45) is 23.7 Å². The number of rotatable bonds is 4. The van der Waals surface area contributed by atoms with E-state index in [0.29, 0.717) is 24.0 Å². The van der Waals surface area contributed by atoms with Crippen LogP contribution in [0.1, 0.15) is 19.3 Å². The molecule has 1 unspecified atom stereocenters. The number of amides is 2. The van der Waals surface area contributed by atoms with Crippen molar-refractivity contribution in [2.45, 2.75) is 19.3 Å². The molecule has 0 spiro atoms. The Morgan fingerprint density at radius 3 is 2.38 bits per heavy atom. The van der Waals surface area contributed by atoms with E-state index in [-0.39, 0.29) is 30.7 Å². The van der Waals surface area contributed by atoms with Crippen LogP contribution in [0.3, 0.4) is 0 Å². The van der Waals surface area contributed by atoms with Gasteiger partial charge in [0, 0.05) is 36.8 Å². The van der Waals surface area contributed by atoms with Crippen molar-refractivity contribution in [3.63, 3.8) is 0 Å². The van der Waals surface area contributed by atoms with Gasteiger partial charge >= 0.3 is 5.97 Å². The van der Waals surface area contributed by atoms with Gasteiger partial charge in [-0.05, 0) is 48.9 Å². The van der Waals surface area contributed by atoms with Crippen LogP contribution in [0.2, 0.25) is 5.02 Å². The summed E-state index contributed by atoms with van der Waals surface area (Å²) >= 11 is 5.89. The maximum Gasteiger partial charge on any atom is 0.308 e. The van der Waals surface area contributed by atoms with Gasteiger partial charge in [0.15, 0.2) is 0 Å². The Hall–Kier alpha value is -2.08. The molecule has 26 heavy (non-hydrogen) atoms. The Kier molecular flexibility index (Phi) is 4.39. The summed E-state index contributed by atoms with van der Waals surface area (Å²) in [5.74, 6) is -1.39. The van der Waals surface area contributed by atoms with Gasteiger partial charge in [0.05, 0.1) is 11.8 Å². The van der Waals surface area contributed by atoms with Gasteiger partial charge in [-0.1, -0.05) is 11.6 Å². The molecule has 138 valence electrons. The molecule has 0 radical (unpaired) electrons. The lowest BCUT2D eigenvalue weighted by Crippen LogP contribution is -2.36. The van der Waals surface area contributed by atoms with Crippen molar-refractivity contribution < 1.29 is 19.5 Å². The minimum atomic E-state index is -0.817. The highest BCUT2D eigenvalue weighted by molar-refractivity contribution is 6.30. The monoisotopic (exact) mass is 376 g/mol. The summed E-state index contributed by atoms with van der Waals surface area (Å²) in [7, 11) is 0. The molecule has 6 nitrogen and oxygen atoms in total. The number of aliphatic carboxylic acids is 1. The molecule has 0 aromatic heterocycles. The van der Waals surface area contributed by atoms with Crippen LogP contribution < -0.4 is 4.90 Å². The van der Waals surface area contributed by atoms with Gasteiger partial charge in [0.25, 0.3) is 0 Å². The SMILES string of the molecule is O=C(O)[C@H]1CN(C(=O)C2CC(=O)N(c3ccc(Cl)cc3)C2)C[C@@H]1C1CC1. The highest BCUT2D eigenvalue weighted by Gasteiger charge is 2.48. The predicted molar refractivity (Wildman–Crippen MR) is 95.8 cm³/mol. The molecule has 1 aromatic rings. The van der Waals surface area contributed by atoms with E-state index in [1.165, 1.54) is 0 Å². The third kappa shape index (κ3) is 3.18. The number of benzene rings is 1. The fourth-order valence-electron chi connectivity index (χ4n) is 4.27. The molecule has 0 bridgehead atoms. The average Bonchev–Trinajstić information content (AvgIpc) is 3.24. The summed E-state index contributed by atoms with van der Waals surface area (Å²) < 4.78 is 0. The molecule has 2 heterocycles. The second kappa shape index (κ2) is 6.58. The van der Waals surface area contributed by atoms with E-state index in [2.05, 4.69) is 0 Å². The van der Waals surface area contributed by atoms with Crippen molar-refractivity contribution in [1.82, 2.24) is 4.90 Å². The van der Waals surface area contributed by atoms with E-state index < -0.39 is 17.8 Å². The van der Waals surface area contributed by atoms with Crippen LogP contribution >= 0.6 is 11.6 Å². The first-order valence-corrected chi connectivity index (χ1v) is 9.39. The molecule has 2 amide bonds. The summed E-state index contributed by atoms with van der Waals surface area (Å²) in [5, 5.41) is 10.1. The first-order chi connectivity index (χ1) is 12.4. The normalized spacial score (nSPS) is 28.7. The Balaban J connectivity index is 1.45. The van der Waals surface area contributed by atoms with Gasteiger partial charge < -0.3 is 14.9 Å². The molecule has 3 atom stereocenters. The van der Waals surface area contributed by atoms with Crippen molar-refractivity contribution in [3.05, 3.63) is 29.3 Å². The van der Waals surface area contributed by atoms with Crippen molar-refractivity contribution in [3.8, 4) is 0 Å². The maximum absolute atomic E-state index is 12.9. The number of anilines is 1. The third-order valence-electron chi connectivity index (χ3n) is 5.83. The highest BCUT2D eigenvalue weighted by Crippen LogP contribution is 2.44. The van der Waals surface area contributed by atoms with E-state index in [4.69, 9.17) is 11.6 Å². The molecule has 1 saturated carbocycles. The average molecular weight is 377 g/mol. The summed E-state index contributed by atoms with van der Waals surface area (Å²) in [6, 6.07) is 6.98. The van der Waals surface area contributed by atoms with Crippen LogP contribution in [0.4, 0.5) is 5.69 Å². The van der Waals surface area contributed by atoms with Crippen LogP contribution in [-0.4, -0.2) is 47.4 Å². The van der Waals surface area contributed by atoms with Gasteiger partial charge in [-0.3, -0.25) is 14.4 Å². The number of carboxylic acids is 1. The van der Waals surface area contributed by atoms with E-state index in [1.807, 2.05) is 0 Å². The number of hydrogen-bond acceptors (Lipinski definition) is 3. The van der Waals surface area contributed by atoms with E-state index in [0.717, 1.165) is 18.5 Å². The predicted octanol–water partition coefficient (Wildman–Crippen LogP) is 2.26. The minimum absolute atomic E-state index is 0.0564. The Morgan fingerprint density at radius 1 is 1.08 bits per heavy atom. The Labute approximate surface area is 156 Å². The quantitative estimate of drug-likeness (QED) is 0.874. The van der Waals surface area contributed by atoms with Crippen molar-refractivity contribution >= 4 is 35.1 Å².